The molecule has 0 bridgehead atoms. The van der Waals surface area contributed by atoms with Gasteiger partial charge in [-0.1, -0.05) is 11.6 Å². The molecule has 3 heterocycles. The van der Waals surface area contributed by atoms with Crippen molar-refractivity contribution >= 4 is 22.5 Å². The molecule has 5 rings (SSSR count). The van der Waals surface area contributed by atoms with Gasteiger partial charge >= 0.3 is 6.18 Å². The molecule has 1 unspecified atom stereocenters. The third-order valence-corrected chi connectivity index (χ3v) is 6.07. The zero-order chi connectivity index (χ0) is 21.4. The van der Waals surface area contributed by atoms with E-state index in [1.165, 1.54) is 15.6 Å². The molecule has 3 aromatic rings. The fraction of sp³-hybridized carbons (Fsp3) is 0.474. The van der Waals surface area contributed by atoms with Crippen molar-refractivity contribution in [1.82, 2.24) is 24.5 Å². The van der Waals surface area contributed by atoms with Gasteiger partial charge in [0.05, 0.1) is 28.3 Å². The van der Waals surface area contributed by atoms with Crippen molar-refractivity contribution in [3.8, 4) is 0 Å². The Labute approximate surface area is 173 Å². The third-order valence-electron chi connectivity index (χ3n) is 5.78. The predicted molar refractivity (Wildman–Crippen MR) is 101 cm³/mol. The molecule has 0 aromatic carbocycles. The Morgan fingerprint density at radius 3 is 2.47 bits per heavy atom. The molecular weight excluding hydrogens is 423 g/mol. The largest absolute Gasteiger partial charge is 0.434 e. The molecule has 0 saturated heterocycles. The number of aromatic nitrogens is 5. The van der Waals surface area contributed by atoms with Crippen LogP contribution in [0.5, 0.6) is 0 Å². The quantitative estimate of drug-likeness (QED) is 0.674. The number of nitrogens with zero attached hydrogens (tertiary/aromatic N) is 5. The summed E-state index contributed by atoms with van der Waals surface area (Å²) < 4.78 is 42.0. The summed E-state index contributed by atoms with van der Waals surface area (Å²) in [4.78, 5) is 16.3. The number of rotatable bonds is 4. The number of halogens is 4. The van der Waals surface area contributed by atoms with Crippen LogP contribution in [0.4, 0.5) is 13.2 Å². The van der Waals surface area contributed by atoms with E-state index in [4.69, 9.17) is 11.6 Å². The zero-order valence-corrected chi connectivity index (χ0v) is 16.6. The van der Waals surface area contributed by atoms with Gasteiger partial charge in [-0.2, -0.15) is 23.4 Å². The first-order valence-electron chi connectivity index (χ1n) is 9.53. The van der Waals surface area contributed by atoms with Crippen LogP contribution in [-0.2, 0) is 18.8 Å². The summed E-state index contributed by atoms with van der Waals surface area (Å²) in [7, 11) is 1.59. The number of fused-ring (bicyclic) bond motifs is 1. The Kier molecular flexibility index (Phi) is 4.08. The van der Waals surface area contributed by atoms with Crippen LogP contribution in [0.25, 0.3) is 10.9 Å². The minimum Gasteiger partial charge on any atom is -0.378 e. The number of aryl methyl sites for hydroxylation is 1. The minimum atomic E-state index is -4.70. The van der Waals surface area contributed by atoms with Crippen molar-refractivity contribution in [3.63, 3.8) is 0 Å². The molecule has 1 atom stereocenters. The van der Waals surface area contributed by atoms with E-state index in [1.807, 2.05) is 0 Å². The Bertz CT molecular complexity index is 1230. The van der Waals surface area contributed by atoms with Crippen LogP contribution >= 0.6 is 11.6 Å². The van der Waals surface area contributed by atoms with Crippen LogP contribution in [0.15, 0.2) is 23.3 Å². The second kappa shape index (κ2) is 6.27. The van der Waals surface area contributed by atoms with Gasteiger partial charge < -0.3 is 5.11 Å². The van der Waals surface area contributed by atoms with E-state index in [9.17, 15) is 23.1 Å². The minimum absolute atomic E-state index is 0.0626. The van der Waals surface area contributed by atoms with Gasteiger partial charge in [-0.05, 0) is 37.7 Å². The smallest absolute Gasteiger partial charge is 0.378 e. The van der Waals surface area contributed by atoms with Crippen LogP contribution in [-0.4, -0.2) is 29.7 Å². The molecule has 30 heavy (non-hydrogen) atoms. The molecule has 2 aliphatic rings. The molecule has 7 nitrogen and oxygen atoms in total. The lowest BCUT2D eigenvalue weighted by atomic mass is 9.85. The van der Waals surface area contributed by atoms with Gasteiger partial charge in [0.1, 0.15) is 5.60 Å². The molecule has 1 N–H and O–H groups in total. The van der Waals surface area contributed by atoms with E-state index >= 15 is 0 Å². The summed E-state index contributed by atoms with van der Waals surface area (Å²) >= 11 is 5.87. The van der Waals surface area contributed by atoms with Crippen molar-refractivity contribution in [3.05, 3.63) is 50.8 Å². The van der Waals surface area contributed by atoms with Gasteiger partial charge in [-0.25, -0.2) is 9.67 Å². The highest BCUT2D eigenvalue weighted by molar-refractivity contribution is 6.31. The van der Waals surface area contributed by atoms with Crippen LogP contribution in [0, 0.1) is 5.92 Å². The van der Waals surface area contributed by atoms with E-state index in [0.717, 1.165) is 25.1 Å². The second-order valence-corrected chi connectivity index (χ2v) is 8.36. The summed E-state index contributed by atoms with van der Waals surface area (Å²) in [5, 5.41) is 20.1. The summed E-state index contributed by atoms with van der Waals surface area (Å²) in [6.07, 6.45) is 0.849. The van der Waals surface area contributed by atoms with Gasteiger partial charge in [0.15, 0.2) is 11.2 Å². The Balaban J connectivity index is 1.71. The van der Waals surface area contributed by atoms with E-state index in [2.05, 4.69) is 15.2 Å². The SMILES string of the molecule is Cn1nc2c(=O)n(C3CC3)ncc2c1C(O)(c1cnc(C(F)(F)F)c(Cl)c1)C1CC1. The molecule has 11 heteroatoms. The van der Waals surface area contributed by atoms with Crippen molar-refractivity contribution < 1.29 is 18.3 Å². The molecule has 158 valence electrons. The first-order valence-corrected chi connectivity index (χ1v) is 9.90. The Morgan fingerprint density at radius 2 is 1.90 bits per heavy atom. The Morgan fingerprint density at radius 1 is 1.20 bits per heavy atom. The highest BCUT2D eigenvalue weighted by Gasteiger charge is 2.50. The van der Waals surface area contributed by atoms with Gasteiger partial charge in [0, 0.05) is 18.8 Å². The molecular formula is C19H17ClF3N5O2. The van der Waals surface area contributed by atoms with Crippen LogP contribution in [0.1, 0.15) is 48.7 Å². The van der Waals surface area contributed by atoms with Gasteiger partial charge in [0.2, 0.25) is 0 Å². The van der Waals surface area contributed by atoms with Crippen molar-refractivity contribution in [2.75, 3.05) is 0 Å². The first kappa shape index (κ1) is 19.5. The summed E-state index contributed by atoms with van der Waals surface area (Å²) in [5.41, 5.74) is -2.68. The maximum atomic E-state index is 13.1. The summed E-state index contributed by atoms with van der Waals surface area (Å²) in [6, 6.07) is 1.15. The normalized spacial score (nSPS) is 19.3. The first-order chi connectivity index (χ1) is 14.1. The van der Waals surface area contributed by atoms with E-state index in [0.29, 0.717) is 23.9 Å². The number of alkyl halides is 3. The monoisotopic (exact) mass is 439 g/mol. The number of hydrogen-bond acceptors (Lipinski definition) is 5. The molecule has 0 radical (unpaired) electrons. The highest BCUT2D eigenvalue weighted by atomic mass is 35.5. The lowest BCUT2D eigenvalue weighted by Crippen LogP contribution is -2.33. The molecule has 0 spiro atoms. The molecule has 2 saturated carbocycles. The van der Waals surface area contributed by atoms with Gasteiger partial charge in [-0.3, -0.25) is 9.48 Å². The van der Waals surface area contributed by atoms with E-state index in [-0.39, 0.29) is 28.6 Å². The lowest BCUT2D eigenvalue weighted by Gasteiger charge is -2.29. The summed E-state index contributed by atoms with van der Waals surface area (Å²) in [5.74, 6) is -0.267. The van der Waals surface area contributed by atoms with Crippen molar-refractivity contribution in [2.24, 2.45) is 13.0 Å². The van der Waals surface area contributed by atoms with Crippen molar-refractivity contribution in [2.45, 2.75) is 43.5 Å². The van der Waals surface area contributed by atoms with Crippen LogP contribution in [0.2, 0.25) is 5.02 Å². The van der Waals surface area contributed by atoms with Gasteiger partial charge in [0.25, 0.3) is 5.56 Å². The highest BCUT2D eigenvalue weighted by Crippen LogP contribution is 2.51. The molecule has 2 fully saturated rings. The maximum absolute atomic E-state index is 13.1. The topological polar surface area (TPSA) is 85.8 Å². The number of aliphatic hydroxyl groups is 1. The van der Waals surface area contributed by atoms with E-state index in [1.54, 1.807) is 7.05 Å². The summed E-state index contributed by atoms with van der Waals surface area (Å²) in [6.45, 7) is 0. The van der Waals surface area contributed by atoms with Crippen LogP contribution < -0.4 is 5.56 Å². The fourth-order valence-electron chi connectivity index (χ4n) is 4.05. The maximum Gasteiger partial charge on any atom is 0.434 e. The predicted octanol–water partition coefficient (Wildman–Crippen LogP) is 3.18. The Hall–Kier alpha value is -2.46. The average Bonchev–Trinajstić information content (AvgIpc) is 3.57. The lowest BCUT2D eigenvalue weighted by molar-refractivity contribution is -0.141. The third kappa shape index (κ3) is 2.84. The second-order valence-electron chi connectivity index (χ2n) is 7.95. The molecule has 2 aliphatic carbocycles. The van der Waals surface area contributed by atoms with Crippen molar-refractivity contribution in [1.29, 1.82) is 0 Å². The standard InChI is InChI=1S/C19H17ClF3N5O2/c1-27-16(12-8-25-28(11-4-5-11)17(29)14(12)26-27)18(30,9-2-3-9)10-6-13(20)15(24-7-10)19(21,22)23/h6-9,11,30H,2-5H2,1H3. The molecule has 0 aliphatic heterocycles. The van der Waals surface area contributed by atoms with Crippen LogP contribution in [0.3, 0.4) is 0 Å². The molecule has 0 amide bonds. The van der Waals surface area contributed by atoms with E-state index < -0.39 is 22.5 Å². The fourth-order valence-corrected chi connectivity index (χ4v) is 4.33. The average molecular weight is 440 g/mol. The zero-order valence-electron chi connectivity index (χ0n) is 15.8. The van der Waals surface area contributed by atoms with Gasteiger partial charge in [-0.15, -0.1) is 0 Å². The number of pyridine rings is 1. The number of hydrogen-bond donors (Lipinski definition) is 1. The molecule has 3 aromatic heterocycles.